The molecule has 8 aliphatic heterocycles. The number of fused-ring (bicyclic) bond motifs is 6. The van der Waals surface area contributed by atoms with Gasteiger partial charge in [-0.15, -0.1) is 0 Å². The number of rotatable bonds is 20. The third-order valence-electron chi connectivity index (χ3n) is 25.8. The second kappa shape index (κ2) is 36.0. The molecular formula is C102H84FN19O17. The second-order valence-electron chi connectivity index (χ2n) is 34.1. The van der Waals surface area contributed by atoms with Crippen LogP contribution in [0.4, 0.5) is 23.6 Å². The van der Waals surface area contributed by atoms with Crippen molar-refractivity contribution in [1.82, 2.24) is 97.1 Å². The summed E-state index contributed by atoms with van der Waals surface area (Å²) >= 11 is 0. The van der Waals surface area contributed by atoms with Crippen LogP contribution in [0, 0.1) is 12.7 Å². The lowest BCUT2D eigenvalue weighted by molar-refractivity contribution is -0.125. The minimum Gasteiger partial charge on any atom is -0.497 e. The minimum atomic E-state index is -1.50. The van der Waals surface area contributed by atoms with Crippen molar-refractivity contribution in [3.8, 4) is 67.8 Å². The van der Waals surface area contributed by atoms with Gasteiger partial charge in [-0.1, -0.05) is 140 Å². The Kier molecular flexibility index (Phi) is 23.3. The maximum Gasteiger partial charge on any atom is 0.322 e. The highest BCUT2D eigenvalue weighted by atomic mass is 19.1. The molecule has 4 fully saturated rings. The first-order valence-electron chi connectivity index (χ1n) is 43.7. The topological polar surface area (TPSA) is 453 Å². The Hall–Kier alpha value is -18.2. The van der Waals surface area contributed by atoms with E-state index in [9.17, 15) is 66.7 Å². The molecule has 4 atom stereocenters. The number of nitrogens with zero attached hydrogens (tertiary/aromatic N) is 10. The van der Waals surface area contributed by atoms with Gasteiger partial charge in [0.25, 0.3) is 52.8 Å². The second-order valence-corrected chi connectivity index (χ2v) is 34.1. The Morgan fingerprint density at radius 2 is 0.712 bits per heavy atom. The number of imide groups is 4. The molecule has 139 heavy (non-hydrogen) atoms. The van der Waals surface area contributed by atoms with Crippen molar-refractivity contribution < 1.29 is 80.9 Å². The molecule has 36 nitrogen and oxygen atoms in total. The fourth-order valence-electron chi connectivity index (χ4n) is 18.6. The standard InChI is InChI=1S/C27H21N5O5.C26H22N6O4.C25H22N4O4.C24H19FN4O4/c1-37-18-11-8-16-13-32(24(34)19(16)12-18)14-27(25(35)30-26(36)31-27)17-9-6-15(7-10-17)22-23(33)29-21-5-3-2-4-20(21)28-22;1-31-29-21-10-6-16(11-22(21)30-31)15-3-7-18(8-4-15)26(24(34)27-25(35)28-26)14-32-13-17-5-9-19(36-2)12-20(17)23(32)33;1-15-9-10-26-12-21(15)16-3-6-18(7-4-16)25(23(31)27-24(32)28-25)14-29-13-17-5-8-19(33-2)11-20(17)22(29)30;1-33-17-9-6-15-12-29(21(30)18(15)11-17)13-24(22(31)27-23(32)28-24)16-7-4-14(5-8-16)20-19(25)3-2-10-26-20/h2-12H,13-14H2,1H3,(H,29,33)(H2,30,31,35,36);3-12H,13-14H2,1-2H3,(H2,27,28,34,35);3-12H,13-14H2,1-2H3,(H2,27,28,31,32);2-11H,12-13H2,1H3,(H2,27,28,31,32)/t27-;26-;25-;24-/m0000/s1. The first-order valence-corrected chi connectivity index (χ1v) is 43.7. The van der Waals surface area contributed by atoms with Gasteiger partial charge in [-0.25, -0.2) is 28.6 Å². The van der Waals surface area contributed by atoms with Gasteiger partial charge < -0.3 is 64.8 Å². The Labute approximate surface area is 789 Å². The summed E-state index contributed by atoms with van der Waals surface area (Å²) in [6.45, 7) is 3.11. The number of aromatic nitrogens is 7. The number of H-pyrrole nitrogens is 1. The molecule has 4 aromatic heterocycles. The highest BCUT2D eigenvalue weighted by Gasteiger charge is 2.55. The summed E-state index contributed by atoms with van der Waals surface area (Å²) in [4.78, 5) is 189. The van der Waals surface area contributed by atoms with E-state index in [0.717, 1.165) is 61.1 Å². The van der Waals surface area contributed by atoms with Gasteiger partial charge in [-0.05, 0) is 165 Å². The number of hydrogen-bond acceptors (Lipinski definition) is 22. The predicted octanol–water partition coefficient (Wildman–Crippen LogP) is 9.97. The van der Waals surface area contributed by atoms with E-state index >= 15 is 0 Å². The van der Waals surface area contributed by atoms with Crippen molar-refractivity contribution in [3.05, 3.63) is 338 Å². The van der Waals surface area contributed by atoms with Crippen LogP contribution in [0.5, 0.6) is 23.0 Å². The number of carbonyl (C=O) groups is 12. The van der Waals surface area contributed by atoms with Gasteiger partial charge in [0.1, 0.15) is 51.2 Å². The summed E-state index contributed by atoms with van der Waals surface area (Å²) in [5.74, 6) is -1.23. The maximum absolute atomic E-state index is 14.1. The first kappa shape index (κ1) is 90.0. The van der Waals surface area contributed by atoms with E-state index in [1.54, 1.807) is 165 Å². The number of carbonyl (C=O) groups excluding carboxylic acids is 12. The maximum atomic E-state index is 14.1. The molecule has 696 valence electrons. The molecule has 37 heteroatoms. The summed E-state index contributed by atoms with van der Waals surface area (Å²) < 4.78 is 35.1. The van der Waals surface area contributed by atoms with E-state index < -0.39 is 75.7 Å². The molecule has 4 saturated heterocycles. The number of para-hydroxylation sites is 2. The summed E-state index contributed by atoms with van der Waals surface area (Å²) in [5.41, 5.74) is 10.6. The third kappa shape index (κ3) is 16.7. The Morgan fingerprint density at radius 3 is 1.08 bits per heavy atom. The minimum absolute atomic E-state index is 0.00562. The molecule has 0 aliphatic carbocycles. The molecule has 10 aromatic carbocycles. The number of benzene rings is 10. The molecule has 0 saturated carbocycles. The van der Waals surface area contributed by atoms with E-state index in [0.29, 0.717) is 109 Å². The van der Waals surface area contributed by atoms with E-state index in [2.05, 4.69) is 72.7 Å². The van der Waals surface area contributed by atoms with Crippen LogP contribution in [0.2, 0.25) is 0 Å². The fourth-order valence-corrected chi connectivity index (χ4v) is 18.6. The number of aromatic amines is 1. The number of amides is 16. The number of urea groups is 4. The van der Waals surface area contributed by atoms with Crippen molar-refractivity contribution in [2.75, 3.05) is 54.6 Å². The van der Waals surface area contributed by atoms with E-state index in [-0.39, 0.29) is 73.3 Å². The highest BCUT2D eigenvalue weighted by molar-refractivity contribution is 6.12. The highest BCUT2D eigenvalue weighted by Crippen LogP contribution is 2.41. The van der Waals surface area contributed by atoms with Crippen LogP contribution in [-0.4, -0.2) is 181 Å². The number of ether oxygens (including phenoxy) is 4. The lowest BCUT2D eigenvalue weighted by Crippen LogP contribution is -2.52. The van der Waals surface area contributed by atoms with Gasteiger partial charge in [0.15, 0.2) is 22.2 Å². The van der Waals surface area contributed by atoms with Gasteiger partial charge in [0, 0.05) is 90.8 Å². The molecular weight excluding hydrogens is 1780 g/mol. The van der Waals surface area contributed by atoms with Crippen LogP contribution in [0.1, 0.15) is 91.5 Å². The summed E-state index contributed by atoms with van der Waals surface area (Å²) in [6.07, 6.45) is 5.02. The SMILES string of the molecule is COc1ccc2c(c1)C(=O)N(C[C@@]1(c3ccc(-c4ccc5nn(C)nc5c4)cc3)NC(=O)NC1=O)C2.COc1ccc2c(c1)C(=O)N(C[C@@]1(c3ccc(-c4cnccc4C)cc3)NC(=O)NC1=O)C2.COc1ccc2c(c1)C(=O)N(C[C@@]1(c3ccc(-c4nc5ccccc5[nH]c4=O)cc3)NC(=O)NC1=O)C2.COc1ccc2c(c1)C(=O)N(C[C@@]1(c3ccc(-c4ncccc4F)cc3)NC(=O)NC1=O)C2. The number of halogens is 1. The van der Waals surface area contributed by atoms with Crippen molar-refractivity contribution >= 4 is 93.4 Å². The molecule has 12 heterocycles. The van der Waals surface area contributed by atoms with E-state index in [1.165, 1.54) is 47.1 Å². The normalized spacial score (nSPS) is 19.0. The lowest BCUT2D eigenvalue weighted by Gasteiger charge is -2.31. The van der Waals surface area contributed by atoms with Gasteiger partial charge in [0.05, 0.1) is 65.7 Å². The van der Waals surface area contributed by atoms with Gasteiger partial charge in [-0.2, -0.15) is 15.0 Å². The molecule has 22 rings (SSSR count). The molecule has 9 N–H and O–H groups in total. The molecule has 0 radical (unpaired) electrons. The third-order valence-corrected chi connectivity index (χ3v) is 25.8. The zero-order chi connectivity index (χ0) is 97.1. The zero-order valence-corrected chi connectivity index (χ0v) is 75.1. The van der Waals surface area contributed by atoms with Gasteiger partial charge in [0.2, 0.25) is 0 Å². The first-order chi connectivity index (χ1) is 67.0. The number of hydrogen-bond donors (Lipinski definition) is 9. The Bertz CT molecular complexity index is 7370. The van der Waals surface area contributed by atoms with Crippen LogP contribution in [0.3, 0.4) is 0 Å². The van der Waals surface area contributed by atoms with Crippen LogP contribution in [-0.2, 0) is 74.6 Å². The molecule has 14 aromatic rings. The average Bonchev–Trinajstić information content (AvgIpc) is 1.59. The Morgan fingerprint density at radius 1 is 0.353 bits per heavy atom. The molecule has 16 amide bonds. The summed E-state index contributed by atoms with van der Waals surface area (Å²) in [6, 6.07) is 64.5. The smallest absolute Gasteiger partial charge is 0.322 e. The summed E-state index contributed by atoms with van der Waals surface area (Å²) in [7, 11) is 7.91. The largest absolute Gasteiger partial charge is 0.497 e. The lowest BCUT2D eigenvalue weighted by atomic mass is 9.88. The van der Waals surface area contributed by atoms with Crippen LogP contribution < -0.4 is 67.0 Å². The quantitative estimate of drug-likeness (QED) is 0.0320. The van der Waals surface area contributed by atoms with E-state index in [1.807, 2.05) is 104 Å². The number of methoxy groups -OCH3 is 4. The van der Waals surface area contributed by atoms with Gasteiger partial charge in [-0.3, -0.25) is 74.4 Å². The monoisotopic (exact) mass is 1870 g/mol. The van der Waals surface area contributed by atoms with Gasteiger partial charge >= 0.3 is 24.1 Å². The number of nitrogens with one attached hydrogen (secondary N) is 9. The molecule has 0 spiro atoms. The average molecular weight is 1870 g/mol. The summed E-state index contributed by atoms with van der Waals surface area (Å²) in [5, 5.41) is 28.9. The zero-order valence-electron chi connectivity index (χ0n) is 75.1. The number of pyridine rings is 2. The predicted molar refractivity (Wildman–Crippen MR) is 500 cm³/mol. The molecule has 0 unspecified atom stereocenters. The Balaban J connectivity index is 0.000000118. The fraction of sp³-hybridized carbons (Fsp3) is 0.176. The van der Waals surface area contributed by atoms with Crippen LogP contribution in [0.15, 0.2) is 254 Å². The van der Waals surface area contributed by atoms with Crippen molar-refractivity contribution in [1.29, 1.82) is 0 Å². The van der Waals surface area contributed by atoms with Crippen LogP contribution >= 0.6 is 0 Å². The number of aryl methyl sites for hydroxylation is 2. The molecule has 0 bridgehead atoms. The molecule has 8 aliphatic rings. The van der Waals surface area contributed by atoms with E-state index in [4.69, 9.17) is 18.9 Å². The van der Waals surface area contributed by atoms with Crippen LogP contribution in [0.25, 0.3) is 66.8 Å². The van der Waals surface area contributed by atoms with Crippen molar-refractivity contribution in [2.24, 2.45) is 7.05 Å². The van der Waals surface area contributed by atoms with Crippen molar-refractivity contribution in [2.45, 2.75) is 55.3 Å². The van der Waals surface area contributed by atoms with Crippen molar-refractivity contribution in [3.63, 3.8) is 0 Å².